The van der Waals surface area contributed by atoms with Crippen LogP contribution < -0.4 is 10.2 Å². The summed E-state index contributed by atoms with van der Waals surface area (Å²) in [5.74, 6) is -0.158. The maximum Gasteiger partial charge on any atom is 0.251 e. The molecule has 0 unspecified atom stereocenters. The number of benzene rings is 2. The van der Waals surface area contributed by atoms with E-state index in [2.05, 4.69) is 40.5 Å². The number of nitrogens with one attached hydrogen (secondary N) is 1. The first-order chi connectivity index (χ1) is 14.6. The lowest BCUT2D eigenvalue weighted by molar-refractivity contribution is -0.121. The Balaban J connectivity index is 1.20. The van der Waals surface area contributed by atoms with Crippen molar-refractivity contribution in [3.05, 3.63) is 66.0 Å². The molecule has 30 heavy (non-hydrogen) atoms. The fraction of sp³-hybridized carbons (Fsp3) is 0.417. The highest BCUT2D eigenvalue weighted by atomic mass is 19.1. The van der Waals surface area contributed by atoms with E-state index in [1.54, 1.807) is 0 Å². The second-order valence-corrected chi connectivity index (χ2v) is 8.23. The molecular weight excluding hydrogens is 381 g/mol. The third-order valence-electron chi connectivity index (χ3n) is 6.12. The maximum atomic E-state index is 13.1. The number of hydrogen-bond acceptors (Lipinski definition) is 4. The van der Waals surface area contributed by atoms with E-state index in [0.29, 0.717) is 12.2 Å². The number of amides is 2. The molecule has 2 aromatic carbocycles. The van der Waals surface area contributed by atoms with Crippen molar-refractivity contribution in [3.8, 4) is 0 Å². The van der Waals surface area contributed by atoms with Crippen LogP contribution in [0.4, 0.5) is 10.1 Å². The van der Waals surface area contributed by atoms with Gasteiger partial charge >= 0.3 is 0 Å². The van der Waals surface area contributed by atoms with Crippen molar-refractivity contribution in [2.75, 3.05) is 31.1 Å². The molecule has 2 saturated heterocycles. The van der Waals surface area contributed by atoms with Gasteiger partial charge in [0.05, 0.1) is 18.2 Å². The summed E-state index contributed by atoms with van der Waals surface area (Å²) in [7, 11) is 0. The average Bonchev–Trinajstić information content (AvgIpc) is 3.04. The summed E-state index contributed by atoms with van der Waals surface area (Å²) in [6.07, 6.45) is 3.67. The topological polar surface area (TPSA) is 52.7 Å². The van der Waals surface area contributed by atoms with Crippen LogP contribution in [-0.4, -0.2) is 48.9 Å². The quantitative estimate of drug-likeness (QED) is 0.715. The lowest BCUT2D eigenvalue weighted by atomic mass is 9.90. The van der Waals surface area contributed by atoms with E-state index in [1.165, 1.54) is 42.7 Å². The molecule has 1 atom stereocenters. The number of piperidine rings is 1. The van der Waals surface area contributed by atoms with Crippen molar-refractivity contribution < 1.29 is 14.0 Å². The lowest BCUT2D eigenvalue weighted by Crippen LogP contribution is -2.44. The zero-order chi connectivity index (χ0) is 20.9. The third kappa shape index (κ3) is 4.94. The highest BCUT2D eigenvalue weighted by Gasteiger charge is 2.39. The van der Waals surface area contributed by atoms with Gasteiger partial charge in [-0.3, -0.25) is 9.59 Å². The van der Waals surface area contributed by atoms with Gasteiger partial charge in [0, 0.05) is 13.1 Å². The third-order valence-corrected chi connectivity index (χ3v) is 6.12. The molecule has 2 amide bonds. The molecule has 4 rings (SSSR count). The number of nitrogens with zero attached hydrogens (tertiary/aromatic N) is 2. The lowest BCUT2D eigenvalue weighted by Gasteiger charge is -2.32. The zero-order valence-corrected chi connectivity index (χ0v) is 17.1. The molecular formula is C24H28FN3O2. The summed E-state index contributed by atoms with van der Waals surface area (Å²) in [5.41, 5.74) is 1.84. The zero-order valence-electron chi connectivity index (χ0n) is 17.1. The summed E-state index contributed by atoms with van der Waals surface area (Å²) in [6.45, 7) is 3.67. The highest BCUT2D eigenvalue weighted by Crippen LogP contribution is 2.24. The number of hydrogen-bond donors (Lipinski definition) is 1. The first kappa shape index (κ1) is 20.7. The molecule has 0 aliphatic carbocycles. The van der Waals surface area contributed by atoms with Crippen LogP contribution in [0.25, 0.3) is 0 Å². The minimum Gasteiger partial charge on any atom is -0.304 e. The molecule has 5 nitrogen and oxygen atoms in total. The molecule has 0 saturated carbocycles. The van der Waals surface area contributed by atoms with Crippen LogP contribution in [0.15, 0.2) is 54.6 Å². The van der Waals surface area contributed by atoms with Gasteiger partial charge in [0.1, 0.15) is 5.82 Å². The van der Waals surface area contributed by atoms with Gasteiger partial charge in [0.15, 0.2) is 0 Å². The van der Waals surface area contributed by atoms with Gasteiger partial charge in [0.2, 0.25) is 5.91 Å². The molecule has 6 heteroatoms. The van der Waals surface area contributed by atoms with E-state index in [9.17, 15) is 14.0 Å². The fourth-order valence-corrected chi connectivity index (χ4v) is 4.41. The Bertz CT molecular complexity index is 864. The molecule has 0 radical (unpaired) electrons. The minimum absolute atomic E-state index is 0.148. The van der Waals surface area contributed by atoms with Gasteiger partial charge in [-0.05, 0) is 68.1 Å². The molecule has 2 aliphatic rings. The van der Waals surface area contributed by atoms with Gasteiger partial charge < -0.3 is 10.2 Å². The number of halogens is 1. The number of rotatable bonds is 7. The SMILES string of the molecule is O=C1C[C@@H](NCCN2CCC(Cc3ccccc3)CC2)C(=O)N1c1ccc(F)cc1. The van der Waals surface area contributed by atoms with Gasteiger partial charge in [0.25, 0.3) is 5.91 Å². The normalized spacial score (nSPS) is 20.8. The molecule has 0 spiro atoms. The Kier molecular flexibility index (Phi) is 6.55. The van der Waals surface area contributed by atoms with Crippen molar-refractivity contribution >= 4 is 17.5 Å². The van der Waals surface area contributed by atoms with Gasteiger partial charge in [-0.15, -0.1) is 0 Å². The van der Waals surface area contributed by atoms with E-state index in [0.717, 1.165) is 36.9 Å². The van der Waals surface area contributed by atoms with E-state index in [1.807, 2.05) is 0 Å². The molecule has 2 fully saturated rings. The Morgan fingerprint density at radius 2 is 1.67 bits per heavy atom. The second kappa shape index (κ2) is 9.49. The fourth-order valence-electron chi connectivity index (χ4n) is 4.41. The second-order valence-electron chi connectivity index (χ2n) is 8.23. The number of imide groups is 1. The van der Waals surface area contributed by atoms with Crippen molar-refractivity contribution in [1.29, 1.82) is 0 Å². The first-order valence-electron chi connectivity index (χ1n) is 10.7. The molecule has 158 valence electrons. The van der Waals surface area contributed by atoms with E-state index in [-0.39, 0.29) is 24.1 Å². The molecule has 2 heterocycles. The summed E-state index contributed by atoms with van der Waals surface area (Å²) < 4.78 is 13.1. The molecule has 1 N–H and O–H groups in total. The highest BCUT2D eigenvalue weighted by molar-refractivity contribution is 6.22. The van der Waals surface area contributed by atoms with Gasteiger partial charge in [-0.1, -0.05) is 30.3 Å². The van der Waals surface area contributed by atoms with Crippen LogP contribution in [0.3, 0.4) is 0 Å². The maximum absolute atomic E-state index is 13.1. The van der Waals surface area contributed by atoms with Crippen LogP contribution >= 0.6 is 0 Å². The first-order valence-corrected chi connectivity index (χ1v) is 10.7. The van der Waals surface area contributed by atoms with Gasteiger partial charge in [-0.25, -0.2) is 9.29 Å². The molecule has 0 aromatic heterocycles. The standard InChI is InChI=1S/C24H28FN3O2/c25-20-6-8-21(9-7-20)28-23(29)17-22(24(28)30)26-12-15-27-13-10-19(11-14-27)16-18-4-2-1-3-5-18/h1-9,19,22,26H,10-17H2/t22-/m1/s1. The van der Waals surface area contributed by atoms with E-state index in [4.69, 9.17) is 0 Å². The van der Waals surface area contributed by atoms with Crippen molar-refractivity contribution in [3.63, 3.8) is 0 Å². The van der Waals surface area contributed by atoms with Crippen LogP contribution in [0.2, 0.25) is 0 Å². The Morgan fingerprint density at radius 1 is 0.967 bits per heavy atom. The van der Waals surface area contributed by atoms with Gasteiger partial charge in [-0.2, -0.15) is 0 Å². The Labute approximate surface area is 176 Å². The van der Waals surface area contributed by atoms with Crippen LogP contribution in [0.5, 0.6) is 0 Å². The summed E-state index contributed by atoms with van der Waals surface area (Å²) in [4.78, 5) is 28.5. The number of anilines is 1. The van der Waals surface area contributed by atoms with Crippen molar-refractivity contribution in [2.24, 2.45) is 5.92 Å². The van der Waals surface area contributed by atoms with Crippen LogP contribution in [0, 0.1) is 11.7 Å². The van der Waals surface area contributed by atoms with Crippen molar-refractivity contribution in [2.45, 2.75) is 31.7 Å². The summed E-state index contributed by atoms with van der Waals surface area (Å²) in [5, 5.41) is 3.24. The predicted molar refractivity (Wildman–Crippen MR) is 115 cm³/mol. The number of likely N-dealkylation sites (tertiary alicyclic amines) is 1. The van der Waals surface area contributed by atoms with Crippen LogP contribution in [0.1, 0.15) is 24.8 Å². The van der Waals surface area contributed by atoms with E-state index < -0.39 is 6.04 Å². The minimum atomic E-state index is -0.502. The Hall–Kier alpha value is -2.57. The largest absolute Gasteiger partial charge is 0.304 e. The van der Waals surface area contributed by atoms with Crippen LogP contribution in [-0.2, 0) is 16.0 Å². The predicted octanol–water partition coefficient (Wildman–Crippen LogP) is 3.00. The number of carbonyl (C=O) groups excluding carboxylic acids is 2. The van der Waals surface area contributed by atoms with E-state index >= 15 is 0 Å². The number of carbonyl (C=O) groups is 2. The summed E-state index contributed by atoms with van der Waals surface area (Å²) in [6, 6.07) is 15.6. The molecule has 2 aliphatic heterocycles. The smallest absolute Gasteiger partial charge is 0.251 e. The monoisotopic (exact) mass is 409 g/mol. The average molecular weight is 410 g/mol. The molecule has 0 bridgehead atoms. The van der Waals surface area contributed by atoms with Crippen molar-refractivity contribution in [1.82, 2.24) is 10.2 Å². The Morgan fingerprint density at radius 3 is 2.37 bits per heavy atom. The summed E-state index contributed by atoms with van der Waals surface area (Å²) >= 11 is 0. The molecule has 2 aromatic rings.